The van der Waals surface area contributed by atoms with Crippen molar-refractivity contribution in [2.45, 2.75) is 37.3 Å². The van der Waals surface area contributed by atoms with Crippen molar-refractivity contribution < 1.29 is 33.1 Å². The van der Waals surface area contributed by atoms with Crippen molar-refractivity contribution in [3.8, 4) is 0 Å². The molecule has 0 bridgehead atoms. The van der Waals surface area contributed by atoms with Gasteiger partial charge in [0.1, 0.15) is 6.04 Å². The van der Waals surface area contributed by atoms with Crippen molar-refractivity contribution in [1.82, 2.24) is 10.2 Å². The first-order chi connectivity index (χ1) is 11.9. The van der Waals surface area contributed by atoms with Gasteiger partial charge in [0.25, 0.3) is 5.91 Å². The quantitative estimate of drug-likeness (QED) is 0.293. The highest BCUT2D eigenvalue weighted by atomic mass is 32.2. The topological polar surface area (TPSA) is 142 Å². The summed E-state index contributed by atoms with van der Waals surface area (Å²) in [6.07, 6.45) is 2.30. The second kappa shape index (κ2) is 8.90. The van der Waals surface area contributed by atoms with E-state index in [4.69, 9.17) is 9.94 Å². The molecule has 4 N–H and O–H groups in total. The van der Waals surface area contributed by atoms with Crippen LogP contribution in [0.3, 0.4) is 0 Å². The van der Waals surface area contributed by atoms with Gasteiger partial charge < -0.3 is 9.84 Å². The number of benzene rings is 1. The van der Waals surface area contributed by atoms with E-state index in [1.807, 2.05) is 0 Å². The summed E-state index contributed by atoms with van der Waals surface area (Å²) in [5.74, 6) is -2.14. The Kier molecular flexibility index (Phi) is 7.45. The molecule has 0 aliphatic carbocycles. The van der Waals surface area contributed by atoms with Gasteiger partial charge in [-0.3, -0.25) is 14.8 Å². The monoisotopic (exact) mass is 386 g/mol. The summed E-state index contributed by atoms with van der Waals surface area (Å²) in [5, 5.41) is 17.7. The normalized spacial score (nSPS) is 13.5. The van der Waals surface area contributed by atoms with Gasteiger partial charge in [-0.1, -0.05) is 12.1 Å². The molecule has 0 radical (unpaired) electrons. The number of hydroxylamine groups is 1. The van der Waals surface area contributed by atoms with Crippen LogP contribution in [-0.2, 0) is 24.3 Å². The zero-order chi connectivity index (χ0) is 20.0. The number of carbonyl (C=O) groups excluding carboxylic acids is 1. The van der Waals surface area contributed by atoms with Crippen LogP contribution in [0.1, 0.15) is 26.3 Å². The number of amides is 1. The molecule has 144 valence electrons. The lowest BCUT2D eigenvalue weighted by Gasteiger charge is -2.23. The molecule has 0 aromatic heterocycles. The lowest BCUT2D eigenvalue weighted by molar-refractivity contribution is -0.142. The number of ether oxygens (including phenoxy) is 1. The number of sulfonamides is 1. The maximum absolute atomic E-state index is 12.4. The van der Waals surface area contributed by atoms with Gasteiger partial charge in [-0.25, -0.2) is 13.9 Å². The predicted octanol–water partition coefficient (Wildman–Crippen LogP) is 0.752. The Labute approximate surface area is 151 Å². The molecule has 0 spiro atoms. The standard InChI is InChI=1S/C16H22N2O7S/c1-16(2,3)25-10-13(15(20)21)18-26(23,24)12-6-4-5-11(9-12)7-8-14(19)17-22/h4-9,13,18,22H,10H2,1-3H3,(H,17,19)(H,20,21)/t13-/m0/s1. The number of rotatable bonds is 8. The van der Waals surface area contributed by atoms with E-state index in [0.717, 1.165) is 6.08 Å². The summed E-state index contributed by atoms with van der Waals surface area (Å²) < 4.78 is 32.3. The molecule has 0 heterocycles. The molecule has 0 unspecified atom stereocenters. The third-order valence-corrected chi connectivity index (χ3v) is 4.45. The predicted molar refractivity (Wildman–Crippen MR) is 92.9 cm³/mol. The number of carbonyl (C=O) groups is 2. The summed E-state index contributed by atoms with van der Waals surface area (Å²) in [6, 6.07) is 4.06. The minimum absolute atomic E-state index is 0.175. The number of carboxylic acid groups (broad SMARTS) is 1. The molecule has 0 aliphatic heterocycles. The molecular formula is C16H22N2O7S. The van der Waals surface area contributed by atoms with Gasteiger partial charge in [0, 0.05) is 6.08 Å². The average molecular weight is 386 g/mol. The molecule has 0 saturated carbocycles. The molecular weight excluding hydrogens is 364 g/mol. The van der Waals surface area contributed by atoms with Crippen LogP contribution in [0.5, 0.6) is 0 Å². The first-order valence-electron chi connectivity index (χ1n) is 7.56. The van der Waals surface area contributed by atoms with Crippen LogP contribution >= 0.6 is 0 Å². The Morgan fingerprint density at radius 2 is 1.96 bits per heavy atom. The minimum atomic E-state index is -4.13. The van der Waals surface area contributed by atoms with Crippen molar-refractivity contribution in [2.75, 3.05) is 6.61 Å². The van der Waals surface area contributed by atoms with E-state index in [-0.39, 0.29) is 11.5 Å². The molecule has 0 fully saturated rings. The highest BCUT2D eigenvalue weighted by Gasteiger charge is 2.27. The average Bonchev–Trinajstić information content (AvgIpc) is 2.55. The fraction of sp³-hybridized carbons (Fsp3) is 0.375. The van der Waals surface area contributed by atoms with E-state index in [2.05, 4.69) is 4.72 Å². The summed E-state index contributed by atoms with van der Waals surface area (Å²) in [7, 11) is -4.13. The Morgan fingerprint density at radius 1 is 1.31 bits per heavy atom. The zero-order valence-electron chi connectivity index (χ0n) is 14.6. The van der Waals surface area contributed by atoms with Crippen molar-refractivity contribution in [1.29, 1.82) is 0 Å². The van der Waals surface area contributed by atoms with Gasteiger partial charge in [-0.2, -0.15) is 4.72 Å². The number of hydrogen-bond donors (Lipinski definition) is 4. The highest BCUT2D eigenvalue weighted by molar-refractivity contribution is 7.89. The molecule has 1 atom stereocenters. The lowest BCUT2D eigenvalue weighted by Crippen LogP contribution is -2.45. The first-order valence-corrected chi connectivity index (χ1v) is 9.04. The van der Waals surface area contributed by atoms with Gasteiger partial charge in [0.2, 0.25) is 10.0 Å². The van der Waals surface area contributed by atoms with Gasteiger partial charge in [0.05, 0.1) is 17.1 Å². The van der Waals surface area contributed by atoms with Crippen LogP contribution in [-0.4, -0.2) is 48.9 Å². The molecule has 26 heavy (non-hydrogen) atoms. The van der Waals surface area contributed by atoms with Gasteiger partial charge in [-0.15, -0.1) is 0 Å². The number of carboxylic acids is 1. The van der Waals surface area contributed by atoms with Crippen LogP contribution < -0.4 is 10.2 Å². The number of hydrogen-bond acceptors (Lipinski definition) is 6. The second-order valence-corrected chi connectivity index (χ2v) is 8.03. The maximum atomic E-state index is 12.4. The second-order valence-electron chi connectivity index (χ2n) is 6.32. The Morgan fingerprint density at radius 3 is 2.50 bits per heavy atom. The number of aliphatic carboxylic acids is 1. The third kappa shape index (κ3) is 7.31. The van der Waals surface area contributed by atoms with Crippen LogP contribution in [0.15, 0.2) is 35.2 Å². The Balaban J connectivity index is 2.99. The molecule has 0 saturated heterocycles. The minimum Gasteiger partial charge on any atom is -0.480 e. The zero-order valence-corrected chi connectivity index (χ0v) is 15.4. The van der Waals surface area contributed by atoms with Crippen LogP contribution in [0, 0.1) is 0 Å². The Hall–Kier alpha value is -2.27. The summed E-state index contributed by atoms with van der Waals surface area (Å²) in [5.41, 5.74) is 1.15. The third-order valence-electron chi connectivity index (χ3n) is 2.98. The first kappa shape index (κ1) is 21.8. The summed E-state index contributed by atoms with van der Waals surface area (Å²) >= 11 is 0. The molecule has 1 rings (SSSR count). The van der Waals surface area contributed by atoms with Crippen molar-refractivity contribution >= 4 is 28.0 Å². The van der Waals surface area contributed by atoms with Crippen LogP contribution in [0.2, 0.25) is 0 Å². The van der Waals surface area contributed by atoms with Crippen LogP contribution in [0.4, 0.5) is 0 Å². The largest absolute Gasteiger partial charge is 0.480 e. The summed E-state index contributed by atoms with van der Waals surface area (Å²) in [6.45, 7) is 4.82. The molecule has 1 aromatic carbocycles. The van der Waals surface area contributed by atoms with E-state index >= 15 is 0 Å². The van der Waals surface area contributed by atoms with E-state index in [0.29, 0.717) is 5.56 Å². The summed E-state index contributed by atoms with van der Waals surface area (Å²) in [4.78, 5) is 22.1. The van der Waals surface area contributed by atoms with Crippen molar-refractivity contribution in [3.63, 3.8) is 0 Å². The number of nitrogens with one attached hydrogen (secondary N) is 2. The smallest absolute Gasteiger partial charge is 0.324 e. The molecule has 9 nitrogen and oxygen atoms in total. The molecule has 10 heteroatoms. The van der Waals surface area contributed by atoms with Gasteiger partial charge in [0.15, 0.2) is 0 Å². The maximum Gasteiger partial charge on any atom is 0.324 e. The molecule has 1 amide bonds. The SMILES string of the molecule is CC(C)(C)OC[C@H](NS(=O)(=O)c1cccc(C=CC(=O)NO)c1)C(=O)O. The molecule has 1 aromatic rings. The van der Waals surface area contributed by atoms with Gasteiger partial charge in [-0.05, 0) is 44.5 Å². The van der Waals surface area contributed by atoms with E-state index < -0.39 is 33.5 Å². The fourth-order valence-corrected chi connectivity index (χ4v) is 2.97. The van der Waals surface area contributed by atoms with E-state index in [9.17, 15) is 23.1 Å². The van der Waals surface area contributed by atoms with E-state index in [1.54, 1.807) is 20.8 Å². The van der Waals surface area contributed by atoms with Crippen molar-refractivity contribution in [3.05, 3.63) is 35.9 Å². The van der Waals surface area contributed by atoms with Gasteiger partial charge >= 0.3 is 5.97 Å². The fourth-order valence-electron chi connectivity index (χ4n) is 1.74. The lowest BCUT2D eigenvalue weighted by atomic mass is 10.2. The highest BCUT2D eigenvalue weighted by Crippen LogP contribution is 2.14. The van der Waals surface area contributed by atoms with E-state index in [1.165, 1.54) is 35.8 Å². The Bertz CT molecular complexity index is 782. The van der Waals surface area contributed by atoms with Crippen LogP contribution in [0.25, 0.3) is 6.08 Å². The van der Waals surface area contributed by atoms with Crippen molar-refractivity contribution in [2.24, 2.45) is 0 Å². The molecule has 0 aliphatic rings.